The van der Waals surface area contributed by atoms with Crippen LogP contribution in [-0.4, -0.2) is 35.9 Å². The van der Waals surface area contributed by atoms with Gasteiger partial charge in [0, 0.05) is 19.6 Å². The molecule has 1 amide bonds. The molecule has 0 saturated carbocycles. The molecule has 1 heterocycles. The predicted octanol–water partition coefficient (Wildman–Crippen LogP) is 3.83. The Hall–Kier alpha value is -2.42. The van der Waals surface area contributed by atoms with E-state index < -0.39 is 23.4 Å². The molecule has 2 rings (SSSR count). The van der Waals surface area contributed by atoms with Crippen LogP contribution in [-0.2, 0) is 9.53 Å². The third kappa shape index (κ3) is 4.21. The number of methoxy groups -OCH3 is 1. The van der Waals surface area contributed by atoms with Crippen molar-refractivity contribution in [1.82, 2.24) is 4.98 Å². The van der Waals surface area contributed by atoms with Crippen LogP contribution < -0.4 is 10.1 Å². The zero-order valence-electron chi connectivity index (χ0n) is 13.6. The lowest BCUT2D eigenvalue weighted by atomic mass is 10.1. The van der Waals surface area contributed by atoms with Gasteiger partial charge in [-0.3, -0.25) is 4.79 Å². The van der Waals surface area contributed by atoms with Crippen LogP contribution in [0.4, 0.5) is 10.1 Å². The molecule has 7 nitrogen and oxygen atoms in total. The van der Waals surface area contributed by atoms with E-state index in [9.17, 15) is 19.1 Å². The van der Waals surface area contributed by atoms with Crippen LogP contribution in [0.1, 0.15) is 17.4 Å². The first-order valence-electron chi connectivity index (χ1n) is 7.07. The van der Waals surface area contributed by atoms with E-state index in [1.807, 2.05) is 0 Å². The van der Waals surface area contributed by atoms with E-state index in [1.54, 1.807) is 0 Å². The molecule has 0 saturated heterocycles. The fourth-order valence-corrected chi connectivity index (χ4v) is 2.50. The van der Waals surface area contributed by atoms with Crippen LogP contribution in [0.25, 0.3) is 11.3 Å². The molecule has 0 radical (unpaired) electrons. The second kappa shape index (κ2) is 8.31. The molecule has 26 heavy (non-hydrogen) atoms. The number of pyridine rings is 1. The summed E-state index contributed by atoms with van der Waals surface area (Å²) in [6.45, 7) is 0.974. The Bertz CT molecular complexity index is 876. The maximum atomic E-state index is 14.8. The summed E-state index contributed by atoms with van der Waals surface area (Å²) in [4.78, 5) is 26.6. The summed E-state index contributed by atoms with van der Waals surface area (Å²) in [5, 5.41) is 11.4. The summed E-state index contributed by atoms with van der Waals surface area (Å²) >= 11 is 11.9. The smallest absolute Gasteiger partial charge is 0.356 e. The second-order valence-electron chi connectivity index (χ2n) is 4.99. The molecule has 0 aliphatic rings. The number of rotatable bonds is 6. The molecule has 2 N–H and O–H groups in total. The third-order valence-corrected chi connectivity index (χ3v) is 3.80. The molecule has 0 unspecified atom stereocenters. The van der Waals surface area contributed by atoms with Gasteiger partial charge in [0.15, 0.2) is 24.1 Å². The quantitative estimate of drug-likeness (QED) is 0.712. The normalized spacial score (nSPS) is 10.5. The van der Waals surface area contributed by atoms with Crippen LogP contribution in [0, 0.1) is 5.82 Å². The fourth-order valence-electron chi connectivity index (χ4n) is 2.07. The number of anilines is 1. The van der Waals surface area contributed by atoms with Gasteiger partial charge in [-0.15, -0.1) is 0 Å². The molecule has 0 bridgehead atoms. The van der Waals surface area contributed by atoms with Gasteiger partial charge in [-0.2, -0.15) is 0 Å². The standard InChI is InChI=1S/C16H13Cl2FN2O5/c1-7(22)20-11-5-10(21-14(12(11)18)16(23)24)8-3-4-9(17)15(13(8)19)26-6-25-2/h3-5H,6H2,1-2H3,(H,23,24)(H,20,21,22). The average molecular weight is 403 g/mol. The molecular weight excluding hydrogens is 390 g/mol. The van der Waals surface area contributed by atoms with Crippen LogP contribution >= 0.6 is 23.2 Å². The average Bonchev–Trinajstić information content (AvgIpc) is 2.56. The number of nitrogens with one attached hydrogen (secondary N) is 1. The number of halogens is 3. The molecular formula is C16H13Cl2FN2O5. The van der Waals surface area contributed by atoms with E-state index in [0.717, 1.165) is 0 Å². The highest BCUT2D eigenvalue weighted by Gasteiger charge is 2.22. The van der Waals surface area contributed by atoms with E-state index in [1.165, 1.54) is 32.2 Å². The van der Waals surface area contributed by atoms with E-state index in [4.69, 9.17) is 32.7 Å². The number of amides is 1. The number of carboxylic acids is 1. The molecule has 0 aliphatic carbocycles. The summed E-state index contributed by atoms with van der Waals surface area (Å²) in [6.07, 6.45) is 0. The van der Waals surface area contributed by atoms with Gasteiger partial charge in [0.05, 0.1) is 21.4 Å². The van der Waals surface area contributed by atoms with Crippen LogP contribution in [0.3, 0.4) is 0 Å². The van der Waals surface area contributed by atoms with Gasteiger partial charge in [-0.25, -0.2) is 14.2 Å². The molecule has 138 valence electrons. The van der Waals surface area contributed by atoms with Gasteiger partial charge in [0.1, 0.15) is 0 Å². The Balaban J connectivity index is 2.66. The highest BCUT2D eigenvalue weighted by molar-refractivity contribution is 6.36. The van der Waals surface area contributed by atoms with Gasteiger partial charge < -0.3 is 19.9 Å². The van der Waals surface area contributed by atoms with E-state index in [0.29, 0.717) is 0 Å². The number of aromatic carboxylic acids is 1. The van der Waals surface area contributed by atoms with E-state index in [2.05, 4.69) is 10.3 Å². The zero-order valence-corrected chi connectivity index (χ0v) is 15.1. The predicted molar refractivity (Wildman–Crippen MR) is 93.4 cm³/mol. The number of aromatic nitrogens is 1. The van der Waals surface area contributed by atoms with Crippen molar-refractivity contribution < 1.29 is 28.6 Å². The van der Waals surface area contributed by atoms with Gasteiger partial charge in [0.25, 0.3) is 0 Å². The van der Waals surface area contributed by atoms with Gasteiger partial charge in [0.2, 0.25) is 5.91 Å². The third-order valence-electron chi connectivity index (χ3n) is 3.12. The number of nitrogens with zero attached hydrogens (tertiary/aromatic N) is 1. The van der Waals surface area contributed by atoms with Crippen molar-refractivity contribution in [3.8, 4) is 17.0 Å². The van der Waals surface area contributed by atoms with Crippen molar-refractivity contribution in [2.75, 3.05) is 19.2 Å². The lowest BCUT2D eigenvalue weighted by Gasteiger charge is -2.13. The zero-order chi connectivity index (χ0) is 19.4. The molecule has 0 fully saturated rings. The van der Waals surface area contributed by atoms with Crippen molar-refractivity contribution in [2.45, 2.75) is 6.92 Å². The minimum Gasteiger partial charge on any atom is -0.476 e. The Kier molecular flexibility index (Phi) is 6.36. The molecule has 10 heteroatoms. The number of carbonyl (C=O) groups excluding carboxylic acids is 1. The molecule has 2 aromatic rings. The van der Waals surface area contributed by atoms with Crippen molar-refractivity contribution in [3.63, 3.8) is 0 Å². The molecule has 0 aliphatic heterocycles. The molecule has 0 spiro atoms. The lowest BCUT2D eigenvalue weighted by Crippen LogP contribution is -2.11. The Morgan fingerprint density at radius 2 is 2.04 bits per heavy atom. The largest absolute Gasteiger partial charge is 0.476 e. The molecule has 0 atom stereocenters. The van der Waals surface area contributed by atoms with Gasteiger partial charge in [-0.1, -0.05) is 23.2 Å². The number of benzene rings is 1. The van der Waals surface area contributed by atoms with Crippen LogP contribution in [0.5, 0.6) is 5.75 Å². The molecule has 1 aromatic heterocycles. The second-order valence-corrected chi connectivity index (χ2v) is 5.78. The number of carbonyl (C=O) groups is 2. The fraction of sp³-hybridized carbons (Fsp3) is 0.188. The number of ether oxygens (including phenoxy) is 2. The van der Waals surface area contributed by atoms with Crippen molar-refractivity contribution in [1.29, 1.82) is 0 Å². The summed E-state index contributed by atoms with van der Waals surface area (Å²) in [6, 6.07) is 3.92. The maximum Gasteiger partial charge on any atom is 0.356 e. The number of carboxylic acid groups (broad SMARTS) is 1. The summed E-state index contributed by atoms with van der Waals surface area (Å²) in [5.74, 6) is -3.06. The number of hydrogen-bond donors (Lipinski definition) is 2. The Labute approximate surface area is 157 Å². The lowest BCUT2D eigenvalue weighted by molar-refractivity contribution is -0.114. The summed E-state index contributed by atoms with van der Waals surface area (Å²) < 4.78 is 24.6. The van der Waals surface area contributed by atoms with Gasteiger partial charge >= 0.3 is 5.97 Å². The SMILES string of the molecule is COCOc1c(Cl)ccc(-c2cc(NC(C)=O)c(Cl)c(C(=O)O)n2)c1F. The highest BCUT2D eigenvalue weighted by Crippen LogP contribution is 2.37. The Morgan fingerprint density at radius 3 is 2.62 bits per heavy atom. The van der Waals surface area contributed by atoms with Crippen molar-refractivity contribution >= 4 is 40.8 Å². The van der Waals surface area contributed by atoms with E-state index in [-0.39, 0.29) is 39.5 Å². The summed E-state index contributed by atoms with van der Waals surface area (Å²) in [7, 11) is 1.36. The maximum absolute atomic E-state index is 14.8. The van der Waals surface area contributed by atoms with Crippen LogP contribution in [0.15, 0.2) is 18.2 Å². The van der Waals surface area contributed by atoms with E-state index >= 15 is 0 Å². The number of hydrogen-bond acceptors (Lipinski definition) is 5. The topological polar surface area (TPSA) is 97.8 Å². The minimum absolute atomic E-state index is 0.00203. The molecule has 1 aromatic carbocycles. The van der Waals surface area contributed by atoms with Gasteiger partial charge in [-0.05, 0) is 18.2 Å². The first-order valence-corrected chi connectivity index (χ1v) is 7.83. The van der Waals surface area contributed by atoms with Crippen LogP contribution in [0.2, 0.25) is 10.0 Å². The minimum atomic E-state index is -1.44. The first-order chi connectivity index (χ1) is 12.3. The van der Waals surface area contributed by atoms with Crippen molar-refractivity contribution in [2.24, 2.45) is 0 Å². The highest BCUT2D eigenvalue weighted by atomic mass is 35.5. The monoisotopic (exact) mass is 402 g/mol. The van der Waals surface area contributed by atoms with Crippen molar-refractivity contribution in [3.05, 3.63) is 39.8 Å². The summed E-state index contributed by atoms with van der Waals surface area (Å²) in [5.41, 5.74) is -0.727. The Morgan fingerprint density at radius 1 is 1.35 bits per heavy atom. The first kappa shape index (κ1) is 19.9.